The van der Waals surface area contributed by atoms with Gasteiger partial charge in [-0.1, -0.05) is 12.7 Å². The maximum atomic E-state index is 8.38. The van der Waals surface area contributed by atoms with E-state index in [1.807, 2.05) is 0 Å². The molecule has 33 valence electrons. The van der Waals surface area contributed by atoms with Crippen LogP contribution in [0, 0.1) is 6.08 Å². The van der Waals surface area contributed by atoms with Gasteiger partial charge in [0, 0.05) is 0 Å². The van der Waals surface area contributed by atoms with Gasteiger partial charge in [0.2, 0.25) is 0 Å². The Hall–Kier alpha value is -0.560. The third-order valence-corrected chi connectivity index (χ3v) is 0.432. The summed E-state index contributed by atoms with van der Waals surface area (Å²) in [5.41, 5.74) is 0. The molecule has 0 aliphatic carbocycles. The van der Waals surface area contributed by atoms with Crippen molar-refractivity contribution in [1.82, 2.24) is 0 Å². The van der Waals surface area contributed by atoms with Crippen LogP contribution in [0.25, 0.3) is 0 Å². The van der Waals surface area contributed by atoms with Crippen LogP contribution < -0.4 is 0 Å². The largest absolute Gasteiger partial charge is 0.384 e. The van der Waals surface area contributed by atoms with Crippen LogP contribution in [0.15, 0.2) is 19.2 Å². The molecule has 0 aliphatic heterocycles. The molecule has 0 heterocycles. The van der Waals surface area contributed by atoms with Crippen LogP contribution in [0.2, 0.25) is 0 Å². The monoisotopic (exact) mass is 83.0 g/mol. The fourth-order valence-electron chi connectivity index (χ4n) is 0.0833. The highest BCUT2D eigenvalue weighted by atomic mass is 16.3. The van der Waals surface area contributed by atoms with Gasteiger partial charge in [0.15, 0.2) is 0 Å². The lowest BCUT2D eigenvalue weighted by Crippen LogP contribution is -1.92. The summed E-state index contributed by atoms with van der Waals surface area (Å²) in [7, 11) is 0. The van der Waals surface area contributed by atoms with Crippen LogP contribution in [-0.2, 0) is 0 Å². The molecule has 0 amide bonds. The van der Waals surface area contributed by atoms with Crippen molar-refractivity contribution in [1.29, 1.82) is 0 Å². The summed E-state index contributed by atoms with van der Waals surface area (Å²) in [6, 6.07) is 0. The lowest BCUT2D eigenvalue weighted by molar-refractivity contribution is 0.265. The van der Waals surface area contributed by atoms with Crippen LogP contribution in [-0.4, -0.2) is 11.2 Å². The molecular formula is C5H7O. The molecular weight excluding hydrogens is 76.1 g/mol. The molecule has 0 bridgehead atoms. The average molecular weight is 83.1 g/mol. The van der Waals surface area contributed by atoms with E-state index in [9.17, 15) is 0 Å². The zero-order valence-electron chi connectivity index (χ0n) is 3.52. The Morgan fingerprint density at radius 3 is 2.33 bits per heavy atom. The molecule has 0 spiro atoms. The summed E-state index contributed by atoms with van der Waals surface area (Å²) < 4.78 is 0. The van der Waals surface area contributed by atoms with Crippen LogP contribution >= 0.6 is 0 Å². The molecule has 6 heavy (non-hydrogen) atoms. The van der Waals surface area contributed by atoms with Gasteiger partial charge in [0.05, 0.1) is 6.10 Å². The van der Waals surface area contributed by atoms with Crippen molar-refractivity contribution in [2.45, 2.75) is 6.10 Å². The van der Waals surface area contributed by atoms with Crippen LogP contribution in [0.4, 0.5) is 0 Å². The SMILES string of the molecule is C=[C]C(O)C=C. The fraction of sp³-hybridized carbons (Fsp3) is 0.200. The molecule has 0 rings (SSSR count). The molecule has 0 saturated heterocycles. The molecule has 0 aromatic rings. The van der Waals surface area contributed by atoms with E-state index in [4.69, 9.17) is 5.11 Å². The minimum atomic E-state index is -0.662. The Bertz CT molecular complexity index is 49.0. The summed E-state index contributed by atoms with van der Waals surface area (Å²) >= 11 is 0. The van der Waals surface area contributed by atoms with Gasteiger partial charge in [-0.05, 0) is 6.08 Å². The first kappa shape index (κ1) is 5.44. The summed E-state index contributed by atoms with van der Waals surface area (Å²) in [6.07, 6.45) is 2.99. The average Bonchev–Trinajstić information content (AvgIpc) is 1.65. The van der Waals surface area contributed by atoms with Gasteiger partial charge >= 0.3 is 0 Å². The van der Waals surface area contributed by atoms with Crippen molar-refractivity contribution in [3.63, 3.8) is 0 Å². The van der Waals surface area contributed by atoms with Gasteiger partial charge in [0.1, 0.15) is 0 Å². The zero-order chi connectivity index (χ0) is 4.99. The van der Waals surface area contributed by atoms with E-state index < -0.39 is 6.10 Å². The third kappa shape index (κ3) is 1.73. The molecule has 1 N–H and O–H groups in total. The molecule has 1 radical (unpaired) electrons. The van der Waals surface area contributed by atoms with Gasteiger partial charge in [0.25, 0.3) is 0 Å². The van der Waals surface area contributed by atoms with Gasteiger partial charge in [-0.25, -0.2) is 0 Å². The second-order valence-corrected chi connectivity index (χ2v) is 0.885. The minimum Gasteiger partial charge on any atom is -0.384 e. The van der Waals surface area contributed by atoms with Crippen molar-refractivity contribution >= 4 is 0 Å². The lowest BCUT2D eigenvalue weighted by atomic mass is 10.4. The maximum Gasteiger partial charge on any atom is 0.0967 e. The van der Waals surface area contributed by atoms with E-state index in [1.165, 1.54) is 6.08 Å². The van der Waals surface area contributed by atoms with Crippen molar-refractivity contribution in [2.75, 3.05) is 0 Å². The van der Waals surface area contributed by atoms with Gasteiger partial charge in [-0.3, -0.25) is 0 Å². The topological polar surface area (TPSA) is 20.2 Å². The minimum absolute atomic E-state index is 0.662. The van der Waals surface area contributed by atoms with E-state index in [0.29, 0.717) is 0 Å². The highest BCUT2D eigenvalue weighted by Gasteiger charge is 1.81. The van der Waals surface area contributed by atoms with Gasteiger partial charge in [-0.2, -0.15) is 0 Å². The van der Waals surface area contributed by atoms with E-state index >= 15 is 0 Å². The molecule has 1 heteroatoms. The normalized spacial score (nSPS) is 8.33. The van der Waals surface area contributed by atoms with E-state index in [-0.39, 0.29) is 0 Å². The first-order valence-electron chi connectivity index (χ1n) is 1.64. The predicted octanol–water partition coefficient (Wildman–Crippen LogP) is 0.522. The highest BCUT2D eigenvalue weighted by molar-refractivity contribution is 4.85. The molecule has 0 aromatic heterocycles. The molecule has 1 atom stereocenters. The van der Waals surface area contributed by atoms with Gasteiger partial charge in [-0.15, -0.1) is 6.58 Å². The standard InChI is InChI=1S/C5H7O/c1-3-5(6)4-2/h3,5-6H,1-2H2. The summed E-state index contributed by atoms with van der Waals surface area (Å²) in [4.78, 5) is 0. The first-order valence-corrected chi connectivity index (χ1v) is 1.64. The Morgan fingerprint density at radius 2 is 2.33 bits per heavy atom. The molecule has 0 fully saturated rings. The second kappa shape index (κ2) is 2.67. The van der Waals surface area contributed by atoms with Crippen LogP contribution in [0.3, 0.4) is 0 Å². The smallest absolute Gasteiger partial charge is 0.0967 e. The molecule has 1 unspecified atom stereocenters. The van der Waals surface area contributed by atoms with E-state index in [0.717, 1.165) is 0 Å². The zero-order valence-corrected chi connectivity index (χ0v) is 3.52. The number of aliphatic hydroxyl groups excluding tert-OH is 1. The summed E-state index contributed by atoms with van der Waals surface area (Å²) in [5, 5.41) is 8.38. The first-order chi connectivity index (χ1) is 2.81. The van der Waals surface area contributed by atoms with Crippen molar-refractivity contribution in [3.05, 3.63) is 25.3 Å². The summed E-state index contributed by atoms with van der Waals surface area (Å²) in [5.74, 6) is 0. The van der Waals surface area contributed by atoms with Crippen molar-refractivity contribution < 1.29 is 5.11 Å². The quantitative estimate of drug-likeness (QED) is 0.482. The van der Waals surface area contributed by atoms with Crippen LogP contribution in [0.5, 0.6) is 0 Å². The molecule has 0 aromatic carbocycles. The summed E-state index contributed by atoms with van der Waals surface area (Å²) in [6.45, 7) is 6.46. The van der Waals surface area contributed by atoms with Crippen molar-refractivity contribution in [3.8, 4) is 0 Å². The molecule has 0 saturated carbocycles. The lowest BCUT2D eigenvalue weighted by Gasteiger charge is -1.87. The van der Waals surface area contributed by atoms with Crippen molar-refractivity contribution in [2.24, 2.45) is 0 Å². The Balaban J connectivity index is 3.21. The molecule has 0 aliphatic rings. The highest BCUT2D eigenvalue weighted by Crippen LogP contribution is 1.77. The Labute approximate surface area is 37.6 Å². The number of hydrogen-bond acceptors (Lipinski definition) is 1. The fourth-order valence-corrected chi connectivity index (χ4v) is 0.0833. The predicted molar refractivity (Wildman–Crippen MR) is 25.1 cm³/mol. The molecule has 1 nitrogen and oxygen atoms in total. The number of rotatable bonds is 2. The van der Waals surface area contributed by atoms with Crippen LogP contribution in [0.1, 0.15) is 0 Å². The van der Waals surface area contributed by atoms with Gasteiger partial charge < -0.3 is 5.11 Å². The van der Waals surface area contributed by atoms with E-state index in [1.54, 1.807) is 0 Å². The second-order valence-electron chi connectivity index (χ2n) is 0.885. The third-order valence-electron chi connectivity index (χ3n) is 0.432. The Morgan fingerprint density at radius 1 is 1.83 bits per heavy atom. The number of aliphatic hydroxyl groups is 1. The maximum absolute atomic E-state index is 8.38. The van der Waals surface area contributed by atoms with E-state index in [2.05, 4.69) is 19.2 Å². The Kier molecular flexibility index (Phi) is 2.42. The number of hydrogen-bond donors (Lipinski definition) is 1.